The van der Waals surface area contributed by atoms with Crippen LogP contribution in [0.5, 0.6) is 0 Å². The van der Waals surface area contributed by atoms with Crippen LogP contribution in [-0.2, 0) is 0 Å². The summed E-state index contributed by atoms with van der Waals surface area (Å²) in [7, 11) is 0. The van der Waals surface area contributed by atoms with Crippen molar-refractivity contribution < 1.29 is 14.0 Å². The minimum atomic E-state index is -0.428. The Morgan fingerprint density at radius 2 is 2.06 bits per heavy atom. The number of hydrogen-bond donors (Lipinski definition) is 1. The van der Waals surface area contributed by atoms with Crippen LogP contribution in [-0.4, -0.2) is 44.6 Å². The van der Waals surface area contributed by atoms with Gasteiger partial charge in [-0.1, -0.05) is 23.7 Å². The number of hydrogen-bond acceptors (Lipinski definition) is 7. The van der Waals surface area contributed by atoms with Crippen LogP contribution in [0.4, 0.5) is 10.3 Å². The first kappa shape index (κ1) is 23.3. The molecule has 7 nitrogen and oxygen atoms in total. The smallest absolute Gasteiger partial charge is 0.274 e. The number of fused-ring (bicyclic) bond motifs is 1. The Labute approximate surface area is 210 Å². The summed E-state index contributed by atoms with van der Waals surface area (Å²) in [6.07, 6.45) is 3.07. The topological polar surface area (TPSA) is 88.1 Å². The third-order valence-corrected chi connectivity index (χ3v) is 7.09. The number of pyridine rings is 1. The van der Waals surface area contributed by atoms with Gasteiger partial charge in [-0.2, -0.15) is 0 Å². The van der Waals surface area contributed by atoms with Crippen molar-refractivity contribution in [2.24, 2.45) is 5.92 Å². The van der Waals surface area contributed by atoms with E-state index in [1.54, 1.807) is 35.4 Å². The van der Waals surface area contributed by atoms with Gasteiger partial charge in [-0.15, -0.1) is 11.3 Å². The molecule has 5 rings (SSSR count). The molecule has 0 aliphatic carbocycles. The molecule has 0 spiro atoms. The van der Waals surface area contributed by atoms with E-state index in [0.717, 1.165) is 6.20 Å². The largest absolute Gasteiger partial charge is 0.348 e. The summed E-state index contributed by atoms with van der Waals surface area (Å²) < 4.78 is 14.3. The molecular formula is C25H21ClFN5O2S. The van der Waals surface area contributed by atoms with Crippen LogP contribution < -0.4 is 5.32 Å². The Kier molecular flexibility index (Phi) is 6.44. The minimum absolute atomic E-state index is 0.0135. The predicted molar refractivity (Wildman–Crippen MR) is 133 cm³/mol. The maximum absolute atomic E-state index is 13.6. The summed E-state index contributed by atoms with van der Waals surface area (Å²) in [6, 6.07) is 9.81. The van der Waals surface area contributed by atoms with Crippen LogP contribution >= 0.6 is 22.9 Å². The third kappa shape index (κ3) is 5.01. The molecule has 1 N–H and O–H groups in total. The first-order valence-corrected chi connectivity index (χ1v) is 12.3. The standard InChI is InChI=1S/C25H21ClFN5O2S/c1-14(17-9-19(27)11-28-10-17)29-25-30-20-5-6-35-23(20)22(31-25)24(34)32-12-15(13-32)7-21(33)16-3-2-4-18(26)8-16/h2-6,8-11,14-15H,7,12-13H2,1H3,(H,29,30,31)/t14-/m0/s1. The number of amides is 1. The van der Waals surface area contributed by atoms with Crippen molar-refractivity contribution in [3.8, 4) is 0 Å². The van der Waals surface area contributed by atoms with E-state index in [9.17, 15) is 14.0 Å². The lowest BCUT2D eigenvalue weighted by Gasteiger charge is -2.38. The number of halogens is 2. The highest BCUT2D eigenvalue weighted by molar-refractivity contribution is 7.17. The lowest BCUT2D eigenvalue weighted by atomic mass is 9.91. The number of aromatic nitrogens is 3. The Bertz CT molecular complexity index is 1420. The molecule has 4 aromatic rings. The first-order valence-electron chi connectivity index (χ1n) is 11.1. The molecular weight excluding hydrogens is 489 g/mol. The highest BCUT2D eigenvalue weighted by Crippen LogP contribution is 2.29. The summed E-state index contributed by atoms with van der Waals surface area (Å²) in [4.78, 5) is 40.4. The average molecular weight is 510 g/mol. The van der Waals surface area contributed by atoms with Crippen molar-refractivity contribution in [2.75, 3.05) is 18.4 Å². The molecule has 1 aliphatic heterocycles. The maximum atomic E-state index is 13.6. The molecule has 178 valence electrons. The van der Waals surface area contributed by atoms with E-state index in [1.807, 2.05) is 18.4 Å². The van der Waals surface area contributed by atoms with E-state index in [-0.39, 0.29) is 29.6 Å². The molecule has 1 atom stereocenters. The summed E-state index contributed by atoms with van der Waals surface area (Å²) in [5.41, 5.74) is 2.20. The number of anilines is 1. The molecule has 0 saturated carbocycles. The fourth-order valence-electron chi connectivity index (χ4n) is 4.07. The maximum Gasteiger partial charge on any atom is 0.274 e. The number of benzene rings is 1. The quantitative estimate of drug-likeness (QED) is 0.336. The van der Waals surface area contributed by atoms with Gasteiger partial charge < -0.3 is 10.2 Å². The van der Waals surface area contributed by atoms with E-state index in [0.29, 0.717) is 51.6 Å². The Morgan fingerprint density at radius 1 is 1.23 bits per heavy atom. The van der Waals surface area contributed by atoms with Crippen LogP contribution in [0, 0.1) is 11.7 Å². The summed E-state index contributed by atoms with van der Waals surface area (Å²) in [5, 5.41) is 5.53. The second-order valence-corrected chi connectivity index (χ2v) is 9.90. The van der Waals surface area contributed by atoms with Gasteiger partial charge in [0.2, 0.25) is 5.95 Å². The highest BCUT2D eigenvalue weighted by atomic mass is 35.5. The molecule has 4 heterocycles. The van der Waals surface area contributed by atoms with Crippen molar-refractivity contribution in [2.45, 2.75) is 19.4 Å². The molecule has 10 heteroatoms. The minimum Gasteiger partial charge on any atom is -0.348 e. The zero-order chi connectivity index (χ0) is 24.5. The second kappa shape index (κ2) is 9.67. The number of nitrogens with one attached hydrogen (secondary N) is 1. The molecule has 35 heavy (non-hydrogen) atoms. The van der Waals surface area contributed by atoms with E-state index < -0.39 is 5.82 Å². The molecule has 3 aromatic heterocycles. The van der Waals surface area contributed by atoms with Crippen LogP contribution in [0.3, 0.4) is 0 Å². The number of carbonyl (C=O) groups is 2. The molecule has 1 saturated heterocycles. The van der Waals surface area contributed by atoms with Crippen molar-refractivity contribution in [1.82, 2.24) is 19.9 Å². The van der Waals surface area contributed by atoms with Gasteiger partial charge in [0.15, 0.2) is 11.5 Å². The second-order valence-electron chi connectivity index (χ2n) is 8.55. The van der Waals surface area contributed by atoms with Gasteiger partial charge in [0.05, 0.1) is 22.5 Å². The fraction of sp³-hybridized carbons (Fsp3) is 0.240. The molecule has 0 bridgehead atoms. The number of ketones is 1. The summed E-state index contributed by atoms with van der Waals surface area (Å²) >= 11 is 7.39. The van der Waals surface area contributed by atoms with Crippen molar-refractivity contribution in [3.05, 3.63) is 81.8 Å². The normalized spacial score (nSPS) is 14.5. The van der Waals surface area contributed by atoms with Gasteiger partial charge in [0.1, 0.15) is 5.82 Å². The number of nitrogens with zero attached hydrogens (tertiary/aromatic N) is 4. The van der Waals surface area contributed by atoms with Gasteiger partial charge in [-0.25, -0.2) is 14.4 Å². The van der Waals surface area contributed by atoms with E-state index in [1.165, 1.54) is 17.4 Å². The predicted octanol–water partition coefficient (Wildman–Crippen LogP) is 5.40. The SMILES string of the molecule is C[C@H](Nc1nc(C(=O)N2CC(CC(=O)c3cccc(Cl)c3)C2)c2sccc2n1)c1cncc(F)c1. The molecule has 0 unspecified atom stereocenters. The molecule has 1 amide bonds. The summed E-state index contributed by atoms with van der Waals surface area (Å²) in [6.45, 7) is 2.81. The van der Waals surface area contributed by atoms with Crippen molar-refractivity contribution >= 4 is 50.8 Å². The van der Waals surface area contributed by atoms with E-state index in [4.69, 9.17) is 11.6 Å². The zero-order valence-electron chi connectivity index (χ0n) is 18.7. The number of carbonyl (C=O) groups excluding carboxylic acids is 2. The van der Waals surface area contributed by atoms with Crippen molar-refractivity contribution in [3.63, 3.8) is 0 Å². The van der Waals surface area contributed by atoms with Gasteiger partial charge in [-0.3, -0.25) is 14.6 Å². The molecule has 1 fully saturated rings. The monoisotopic (exact) mass is 509 g/mol. The van der Waals surface area contributed by atoms with Crippen LogP contribution in [0.25, 0.3) is 10.2 Å². The number of thiophene rings is 1. The first-order chi connectivity index (χ1) is 16.9. The van der Waals surface area contributed by atoms with Crippen molar-refractivity contribution in [1.29, 1.82) is 0 Å². The fourth-order valence-corrected chi connectivity index (χ4v) is 5.07. The third-order valence-electron chi connectivity index (χ3n) is 5.94. The van der Waals surface area contributed by atoms with E-state index >= 15 is 0 Å². The van der Waals surface area contributed by atoms with Gasteiger partial charge in [0.25, 0.3) is 5.91 Å². The average Bonchev–Trinajstić information content (AvgIpc) is 3.28. The van der Waals surface area contributed by atoms with Gasteiger partial charge >= 0.3 is 0 Å². The number of rotatable bonds is 7. The lowest BCUT2D eigenvalue weighted by molar-refractivity contribution is 0.0466. The Hall–Kier alpha value is -3.43. The Balaban J connectivity index is 1.28. The highest BCUT2D eigenvalue weighted by Gasteiger charge is 2.34. The van der Waals surface area contributed by atoms with Crippen LogP contribution in [0.1, 0.15) is 45.8 Å². The number of likely N-dealkylation sites (tertiary alicyclic amines) is 1. The number of Topliss-reactive ketones (excluding diaryl/α,β-unsaturated/α-hetero) is 1. The van der Waals surface area contributed by atoms with Crippen LogP contribution in [0.15, 0.2) is 54.2 Å². The molecule has 0 radical (unpaired) electrons. The Morgan fingerprint density at radius 3 is 2.83 bits per heavy atom. The molecule has 1 aromatic carbocycles. The molecule has 1 aliphatic rings. The zero-order valence-corrected chi connectivity index (χ0v) is 20.3. The van der Waals surface area contributed by atoms with E-state index in [2.05, 4.69) is 20.3 Å². The van der Waals surface area contributed by atoms with Gasteiger partial charge in [-0.05, 0) is 42.1 Å². The lowest BCUT2D eigenvalue weighted by Crippen LogP contribution is -2.50. The van der Waals surface area contributed by atoms with Gasteiger partial charge in [0, 0.05) is 42.2 Å². The summed E-state index contributed by atoms with van der Waals surface area (Å²) in [5.74, 6) is -0.246. The van der Waals surface area contributed by atoms with Crippen LogP contribution in [0.2, 0.25) is 5.02 Å².